The Hall–Kier alpha value is -2.59. The number of rotatable bonds is 4. The molecule has 5 heteroatoms. The standard InChI is InChI=1S/C19H17ClN2O2/c1-3-13-6-4-5-12(2)18(13)21-19(23)16-11-17(24-22-16)14-7-9-15(20)10-8-14/h4-11H,3H2,1-2H3,(H,21,23). The van der Waals surface area contributed by atoms with Gasteiger partial charge in [0.15, 0.2) is 11.5 Å². The molecule has 0 radical (unpaired) electrons. The maximum Gasteiger partial charge on any atom is 0.277 e. The molecule has 1 aromatic heterocycles. The van der Waals surface area contributed by atoms with Crippen LogP contribution in [-0.2, 0) is 6.42 Å². The first-order valence-electron chi connectivity index (χ1n) is 7.71. The molecule has 0 saturated heterocycles. The van der Waals surface area contributed by atoms with Crippen LogP contribution in [0.15, 0.2) is 53.1 Å². The second-order valence-corrected chi connectivity index (χ2v) is 5.94. The number of carbonyl (C=O) groups excluding carboxylic acids is 1. The molecule has 1 heterocycles. The molecule has 0 aliphatic carbocycles. The van der Waals surface area contributed by atoms with Crippen LogP contribution >= 0.6 is 11.6 Å². The summed E-state index contributed by atoms with van der Waals surface area (Å²) >= 11 is 5.88. The highest BCUT2D eigenvalue weighted by atomic mass is 35.5. The number of benzene rings is 2. The number of hydrogen-bond acceptors (Lipinski definition) is 3. The Bertz CT molecular complexity index is 869. The van der Waals surface area contributed by atoms with Gasteiger partial charge in [0.25, 0.3) is 5.91 Å². The zero-order valence-corrected chi connectivity index (χ0v) is 14.2. The number of anilines is 1. The smallest absolute Gasteiger partial charge is 0.277 e. The number of halogens is 1. The van der Waals surface area contributed by atoms with E-state index in [0.717, 1.165) is 28.8 Å². The highest BCUT2D eigenvalue weighted by molar-refractivity contribution is 6.30. The normalized spacial score (nSPS) is 10.6. The van der Waals surface area contributed by atoms with Crippen molar-refractivity contribution in [3.8, 4) is 11.3 Å². The molecule has 0 aliphatic heterocycles. The average molecular weight is 341 g/mol. The molecule has 4 nitrogen and oxygen atoms in total. The van der Waals surface area contributed by atoms with Crippen molar-refractivity contribution < 1.29 is 9.32 Å². The molecule has 0 atom stereocenters. The molecule has 1 N–H and O–H groups in total. The quantitative estimate of drug-likeness (QED) is 0.717. The number of amides is 1. The van der Waals surface area contributed by atoms with Crippen LogP contribution in [0.1, 0.15) is 28.5 Å². The van der Waals surface area contributed by atoms with Gasteiger partial charge in [-0.1, -0.05) is 41.9 Å². The van der Waals surface area contributed by atoms with E-state index in [2.05, 4.69) is 17.4 Å². The molecule has 3 aromatic rings. The largest absolute Gasteiger partial charge is 0.355 e. The highest BCUT2D eigenvalue weighted by Gasteiger charge is 2.16. The van der Waals surface area contributed by atoms with E-state index in [9.17, 15) is 4.79 Å². The van der Waals surface area contributed by atoms with Gasteiger partial charge in [0.05, 0.1) is 0 Å². The second-order valence-electron chi connectivity index (χ2n) is 5.50. The van der Waals surface area contributed by atoms with Crippen LogP contribution in [0.25, 0.3) is 11.3 Å². The van der Waals surface area contributed by atoms with Gasteiger partial charge in [0.1, 0.15) is 0 Å². The Morgan fingerprint density at radius 2 is 1.96 bits per heavy atom. The van der Waals surface area contributed by atoms with Crippen molar-refractivity contribution in [2.45, 2.75) is 20.3 Å². The first-order chi connectivity index (χ1) is 11.6. The minimum atomic E-state index is -0.289. The van der Waals surface area contributed by atoms with Crippen LogP contribution in [-0.4, -0.2) is 11.1 Å². The van der Waals surface area contributed by atoms with Crippen LogP contribution < -0.4 is 5.32 Å². The van der Waals surface area contributed by atoms with Crippen molar-refractivity contribution in [3.05, 3.63) is 70.4 Å². The van der Waals surface area contributed by atoms with E-state index in [0.29, 0.717) is 10.8 Å². The summed E-state index contributed by atoms with van der Waals surface area (Å²) in [5, 5.41) is 7.46. The molecule has 3 rings (SSSR count). The third-order valence-electron chi connectivity index (χ3n) is 3.85. The zero-order chi connectivity index (χ0) is 17.1. The lowest BCUT2D eigenvalue weighted by molar-refractivity contribution is 0.101. The maximum atomic E-state index is 12.5. The van der Waals surface area contributed by atoms with E-state index in [4.69, 9.17) is 16.1 Å². The molecule has 1 amide bonds. The van der Waals surface area contributed by atoms with Crippen molar-refractivity contribution in [2.24, 2.45) is 0 Å². The number of aryl methyl sites for hydroxylation is 2. The first kappa shape index (κ1) is 16.3. The van der Waals surface area contributed by atoms with Crippen LogP contribution in [0.5, 0.6) is 0 Å². The fraction of sp³-hybridized carbons (Fsp3) is 0.158. The third-order valence-corrected chi connectivity index (χ3v) is 4.10. The monoisotopic (exact) mass is 340 g/mol. The average Bonchev–Trinajstić information content (AvgIpc) is 3.07. The molecular formula is C19H17ClN2O2. The Labute approximate surface area is 145 Å². The van der Waals surface area contributed by atoms with Gasteiger partial charge in [-0.2, -0.15) is 0 Å². The SMILES string of the molecule is CCc1cccc(C)c1NC(=O)c1cc(-c2ccc(Cl)cc2)on1. The molecule has 0 spiro atoms. The molecule has 0 bridgehead atoms. The fourth-order valence-corrected chi connectivity index (χ4v) is 2.64. The lowest BCUT2D eigenvalue weighted by atomic mass is 10.1. The topological polar surface area (TPSA) is 55.1 Å². The molecule has 24 heavy (non-hydrogen) atoms. The van der Waals surface area contributed by atoms with Crippen molar-refractivity contribution in [2.75, 3.05) is 5.32 Å². The first-order valence-corrected chi connectivity index (χ1v) is 8.08. The van der Waals surface area contributed by atoms with Crippen molar-refractivity contribution in [3.63, 3.8) is 0 Å². The summed E-state index contributed by atoms with van der Waals surface area (Å²) in [7, 11) is 0. The van der Waals surface area contributed by atoms with Crippen molar-refractivity contribution in [1.82, 2.24) is 5.16 Å². The number of para-hydroxylation sites is 1. The van der Waals surface area contributed by atoms with Gasteiger partial charge in [0.2, 0.25) is 0 Å². The Morgan fingerprint density at radius 3 is 2.67 bits per heavy atom. The Morgan fingerprint density at radius 1 is 1.21 bits per heavy atom. The predicted octanol–water partition coefficient (Wildman–Crippen LogP) is 5.12. The molecule has 122 valence electrons. The van der Waals surface area contributed by atoms with Gasteiger partial charge >= 0.3 is 0 Å². The highest BCUT2D eigenvalue weighted by Crippen LogP contribution is 2.24. The van der Waals surface area contributed by atoms with E-state index in [-0.39, 0.29) is 11.6 Å². The summed E-state index contributed by atoms with van der Waals surface area (Å²) in [5.41, 5.74) is 4.00. The van der Waals surface area contributed by atoms with Gasteiger partial charge in [-0.3, -0.25) is 4.79 Å². The number of nitrogens with one attached hydrogen (secondary N) is 1. The number of hydrogen-bond donors (Lipinski definition) is 1. The van der Waals surface area contributed by atoms with Gasteiger partial charge < -0.3 is 9.84 Å². The minimum Gasteiger partial charge on any atom is -0.355 e. The molecule has 0 aliphatic rings. The van der Waals surface area contributed by atoms with Crippen LogP contribution in [0.4, 0.5) is 5.69 Å². The van der Waals surface area contributed by atoms with Gasteiger partial charge in [0, 0.05) is 22.3 Å². The van der Waals surface area contributed by atoms with Crippen molar-refractivity contribution >= 4 is 23.2 Å². The van der Waals surface area contributed by atoms with E-state index in [1.54, 1.807) is 18.2 Å². The number of aromatic nitrogens is 1. The van der Waals surface area contributed by atoms with E-state index in [1.165, 1.54) is 0 Å². The van der Waals surface area contributed by atoms with Gasteiger partial charge in [-0.15, -0.1) is 0 Å². The molecule has 2 aromatic carbocycles. The third kappa shape index (κ3) is 3.34. The number of nitrogens with zero attached hydrogens (tertiary/aromatic N) is 1. The van der Waals surface area contributed by atoms with Crippen LogP contribution in [0, 0.1) is 6.92 Å². The van der Waals surface area contributed by atoms with Crippen LogP contribution in [0.2, 0.25) is 5.02 Å². The van der Waals surface area contributed by atoms with Crippen molar-refractivity contribution in [1.29, 1.82) is 0 Å². The molecular weight excluding hydrogens is 324 g/mol. The van der Waals surface area contributed by atoms with Gasteiger partial charge in [-0.05, 0) is 48.7 Å². The van der Waals surface area contributed by atoms with Gasteiger partial charge in [-0.25, -0.2) is 0 Å². The molecule has 0 unspecified atom stereocenters. The minimum absolute atomic E-state index is 0.241. The summed E-state index contributed by atoms with van der Waals surface area (Å²) in [6, 6.07) is 14.8. The second kappa shape index (κ2) is 6.89. The molecule has 0 fully saturated rings. The summed E-state index contributed by atoms with van der Waals surface area (Å²) < 4.78 is 5.28. The summed E-state index contributed by atoms with van der Waals surface area (Å²) in [4.78, 5) is 12.5. The summed E-state index contributed by atoms with van der Waals surface area (Å²) in [5.74, 6) is 0.236. The summed E-state index contributed by atoms with van der Waals surface area (Å²) in [6.45, 7) is 4.02. The van der Waals surface area contributed by atoms with Crippen LogP contribution in [0.3, 0.4) is 0 Å². The zero-order valence-electron chi connectivity index (χ0n) is 13.5. The Balaban J connectivity index is 1.83. The van der Waals surface area contributed by atoms with E-state index in [1.807, 2.05) is 37.3 Å². The lowest BCUT2D eigenvalue weighted by Crippen LogP contribution is -2.14. The summed E-state index contributed by atoms with van der Waals surface area (Å²) in [6.07, 6.45) is 0.839. The Kier molecular flexibility index (Phi) is 4.67. The maximum absolute atomic E-state index is 12.5. The predicted molar refractivity (Wildman–Crippen MR) is 95.5 cm³/mol. The van der Waals surface area contributed by atoms with E-state index >= 15 is 0 Å². The van der Waals surface area contributed by atoms with E-state index < -0.39 is 0 Å². The number of carbonyl (C=O) groups is 1. The molecule has 0 saturated carbocycles. The fourth-order valence-electron chi connectivity index (χ4n) is 2.51. The lowest BCUT2D eigenvalue weighted by Gasteiger charge is -2.11.